The standard InChI is InChI=1S/C26H35FN4O2/c1-3-7-22-18-30(24(25(32)29-2)17-19-8-5-4-6-9-19)14-15-31(22)26(33)23(28)16-20-10-12-21(27)13-11-20/h4-6,8-13,22-24H,3,7,14-18,28H2,1-2H3,(H,29,32). The number of nitrogens with zero attached hydrogens (tertiary/aromatic N) is 2. The molecule has 2 aromatic rings. The smallest absolute Gasteiger partial charge is 0.240 e. The van der Waals surface area contributed by atoms with E-state index in [1.807, 2.05) is 35.2 Å². The summed E-state index contributed by atoms with van der Waals surface area (Å²) >= 11 is 0. The lowest BCUT2D eigenvalue weighted by molar-refractivity contribution is -0.139. The summed E-state index contributed by atoms with van der Waals surface area (Å²) in [6.07, 6.45) is 2.76. The van der Waals surface area contributed by atoms with Crippen LogP contribution in [0, 0.1) is 5.82 Å². The Bertz CT molecular complexity index is 906. The van der Waals surface area contributed by atoms with E-state index in [1.165, 1.54) is 12.1 Å². The number of carbonyl (C=O) groups excluding carboxylic acids is 2. The van der Waals surface area contributed by atoms with E-state index in [2.05, 4.69) is 17.1 Å². The third kappa shape index (κ3) is 6.62. The number of hydrogen-bond acceptors (Lipinski definition) is 4. The first-order valence-electron chi connectivity index (χ1n) is 11.7. The fourth-order valence-corrected chi connectivity index (χ4v) is 4.60. The topological polar surface area (TPSA) is 78.7 Å². The molecule has 1 saturated heterocycles. The number of piperazine rings is 1. The zero-order valence-corrected chi connectivity index (χ0v) is 19.5. The van der Waals surface area contributed by atoms with E-state index >= 15 is 0 Å². The van der Waals surface area contributed by atoms with Gasteiger partial charge in [-0.05, 0) is 42.5 Å². The van der Waals surface area contributed by atoms with Gasteiger partial charge in [0.05, 0.1) is 12.1 Å². The Hall–Kier alpha value is -2.77. The van der Waals surface area contributed by atoms with Crippen LogP contribution in [0.4, 0.5) is 4.39 Å². The predicted molar refractivity (Wildman–Crippen MR) is 128 cm³/mol. The Morgan fingerprint density at radius 3 is 2.36 bits per heavy atom. The van der Waals surface area contributed by atoms with Crippen LogP contribution in [0.15, 0.2) is 54.6 Å². The van der Waals surface area contributed by atoms with Crippen LogP contribution in [0.25, 0.3) is 0 Å². The molecule has 1 fully saturated rings. The van der Waals surface area contributed by atoms with Crippen LogP contribution in [-0.2, 0) is 22.4 Å². The Morgan fingerprint density at radius 2 is 1.73 bits per heavy atom. The van der Waals surface area contributed by atoms with Crippen LogP contribution < -0.4 is 11.1 Å². The molecule has 0 aromatic heterocycles. The van der Waals surface area contributed by atoms with Gasteiger partial charge < -0.3 is 16.0 Å². The predicted octanol–water partition coefficient (Wildman–Crippen LogP) is 2.37. The number of nitrogens with one attached hydrogen (secondary N) is 1. The summed E-state index contributed by atoms with van der Waals surface area (Å²) in [4.78, 5) is 30.1. The molecule has 0 saturated carbocycles. The van der Waals surface area contributed by atoms with Gasteiger partial charge in [0.15, 0.2) is 0 Å². The second kappa shape index (κ2) is 11.9. The molecule has 1 heterocycles. The van der Waals surface area contributed by atoms with Crippen molar-refractivity contribution in [1.29, 1.82) is 0 Å². The van der Waals surface area contributed by atoms with Gasteiger partial charge in [-0.25, -0.2) is 4.39 Å². The summed E-state index contributed by atoms with van der Waals surface area (Å²) in [5.74, 6) is -0.405. The summed E-state index contributed by atoms with van der Waals surface area (Å²) in [6.45, 7) is 3.87. The van der Waals surface area contributed by atoms with E-state index in [0.717, 1.165) is 24.0 Å². The second-order valence-electron chi connectivity index (χ2n) is 8.73. The highest BCUT2D eigenvalue weighted by Gasteiger charge is 2.36. The number of rotatable bonds is 9. The van der Waals surface area contributed by atoms with E-state index in [0.29, 0.717) is 32.5 Å². The minimum Gasteiger partial charge on any atom is -0.358 e. The zero-order valence-electron chi connectivity index (χ0n) is 19.5. The first kappa shape index (κ1) is 24.9. The second-order valence-corrected chi connectivity index (χ2v) is 8.73. The molecule has 0 spiro atoms. The fourth-order valence-electron chi connectivity index (χ4n) is 4.60. The summed E-state index contributed by atoms with van der Waals surface area (Å²) < 4.78 is 13.2. The average molecular weight is 455 g/mol. The molecule has 0 radical (unpaired) electrons. The third-order valence-electron chi connectivity index (χ3n) is 6.37. The van der Waals surface area contributed by atoms with Crippen molar-refractivity contribution in [2.75, 3.05) is 26.7 Å². The molecule has 6 nitrogen and oxygen atoms in total. The molecule has 33 heavy (non-hydrogen) atoms. The van der Waals surface area contributed by atoms with Crippen molar-refractivity contribution < 1.29 is 14.0 Å². The van der Waals surface area contributed by atoms with Gasteiger partial charge in [-0.15, -0.1) is 0 Å². The van der Waals surface area contributed by atoms with Gasteiger partial charge >= 0.3 is 0 Å². The van der Waals surface area contributed by atoms with Crippen molar-refractivity contribution >= 4 is 11.8 Å². The Morgan fingerprint density at radius 1 is 1.06 bits per heavy atom. The van der Waals surface area contributed by atoms with Gasteiger partial charge in [-0.2, -0.15) is 0 Å². The van der Waals surface area contributed by atoms with Gasteiger partial charge in [-0.3, -0.25) is 14.5 Å². The summed E-state index contributed by atoms with van der Waals surface area (Å²) in [7, 11) is 1.66. The molecule has 2 amide bonds. The quantitative estimate of drug-likeness (QED) is 0.610. The highest BCUT2D eigenvalue weighted by atomic mass is 19.1. The molecule has 3 atom stereocenters. The van der Waals surface area contributed by atoms with Gasteiger partial charge in [0.25, 0.3) is 0 Å². The van der Waals surface area contributed by atoms with E-state index in [4.69, 9.17) is 5.73 Å². The number of halogens is 1. The molecule has 2 aromatic carbocycles. The number of benzene rings is 2. The van der Waals surface area contributed by atoms with Crippen LogP contribution in [-0.4, -0.2) is 66.4 Å². The van der Waals surface area contributed by atoms with E-state index in [-0.39, 0.29) is 29.7 Å². The maximum Gasteiger partial charge on any atom is 0.240 e. The molecule has 1 aliphatic rings. The lowest BCUT2D eigenvalue weighted by Crippen LogP contribution is -2.62. The monoisotopic (exact) mass is 454 g/mol. The molecule has 3 N–H and O–H groups in total. The molecule has 0 aliphatic carbocycles. The van der Waals surface area contributed by atoms with E-state index < -0.39 is 6.04 Å². The van der Waals surface area contributed by atoms with Gasteiger partial charge in [0.2, 0.25) is 11.8 Å². The average Bonchev–Trinajstić information content (AvgIpc) is 2.84. The Kier molecular flexibility index (Phi) is 8.97. The number of amides is 2. The summed E-state index contributed by atoms with van der Waals surface area (Å²) in [5, 5.41) is 2.81. The van der Waals surface area contributed by atoms with Gasteiger partial charge in [-0.1, -0.05) is 55.8 Å². The number of nitrogens with two attached hydrogens (primary N) is 1. The Balaban J connectivity index is 1.70. The molecule has 7 heteroatoms. The minimum atomic E-state index is -0.680. The molecule has 3 unspecified atom stereocenters. The van der Waals surface area contributed by atoms with Crippen molar-refractivity contribution in [3.63, 3.8) is 0 Å². The zero-order chi connectivity index (χ0) is 23.8. The van der Waals surface area contributed by atoms with Crippen molar-refractivity contribution in [3.05, 3.63) is 71.5 Å². The van der Waals surface area contributed by atoms with E-state index in [9.17, 15) is 14.0 Å². The first-order chi connectivity index (χ1) is 15.9. The normalized spacial score (nSPS) is 18.5. The molecule has 0 bridgehead atoms. The largest absolute Gasteiger partial charge is 0.358 e. The number of hydrogen-bond donors (Lipinski definition) is 2. The first-order valence-corrected chi connectivity index (χ1v) is 11.7. The molecule has 1 aliphatic heterocycles. The van der Waals surface area contributed by atoms with Crippen molar-refractivity contribution in [1.82, 2.24) is 15.1 Å². The van der Waals surface area contributed by atoms with E-state index in [1.54, 1.807) is 19.2 Å². The number of carbonyl (C=O) groups is 2. The third-order valence-corrected chi connectivity index (χ3v) is 6.37. The molecule has 3 rings (SSSR count). The van der Waals surface area contributed by atoms with Crippen molar-refractivity contribution in [2.45, 2.75) is 50.7 Å². The molecular weight excluding hydrogens is 419 g/mol. The fraction of sp³-hybridized carbons (Fsp3) is 0.462. The molecular formula is C26H35FN4O2. The van der Waals surface area contributed by atoms with Gasteiger partial charge in [0.1, 0.15) is 5.82 Å². The minimum absolute atomic E-state index is 0.00144. The van der Waals surface area contributed by atoms with Gasteiger partial charge in [0, 0.05) is 32.7 Å². The van der Waals surface area contributed by atoms with Crippen molar-refractivity contribution in [3.8, 4) is 0 Å². The summed E-state index contributed by atoms with van der Waals surface area (Å²) in [5.41, 5.74) is 8.23. The maximum absolute atomic E-state index is 13.2. The van der Waals surface area contributed by atoms with Crippen LogP contribution in [0.5, 0.6) is 0 Å². The number of likely N-dealkylation sites (N-methyl/N-ethyl adjacent to an activating group) is 1. The molecule has 178 valence electrons. The van der Waals surface area contributed by atoms with Crippen LogP contribution in [0.1, 0.15) is 30.9 Å². The maximum atomic E-state index is 13.2. The van der Waals surface area contributed by atoms with Crippen LogP contribution >= 0.6 is 0 Å². The highest BCUT2D eigenvalue weighted by Crippen LogP contribution is 2.20. The lowest BCUT2D eigenvalue weighted by atomic mass is 9.98. The Labute approximate surface area is 195 Å². The van der Waals surface area contributed by atoms with Crippen LogP contribution in [0.2, 0.25) is 0 Å². The lowest BCUT2D eigenvalue weighted by Gasteiger charge is -2.44. The van der Waals surface area contributed by atoms with Crippen molar-refractivity contribution in [2.24, 2.45) is 5.73 Å². The summed E-state index contributed by atoms with van der Waals surface area (Å²) in [6, 6.07) is 15.1. The SMILES string of the molecule is CCCC1CN(C(Cc2ccccc2)C(=O)NC)CCN1C(=O)C(N)Cc1ccc(F)cc1. The highest BCUT2D eigenvalue weighted by molar-refractivity contribution is 5.83. The van der Waals surface area contributed by atoms with Crippen LogP contribution in [0.3, 0.4) is 0 Å².